The Hall–Kier alpha value is -0.890. The van der Waals surface area contributed by atoms with Crippen LogP contribution in [0.2, 0.25) is 0 Å². The minimum absolute atomic E-state index is 0.318. The van der Waals surface area contributed by atoms with E-state index in [4.69, 9.17) is 5.11 Å². The van der Waals surface area contributed by atoms with Crippen LogP contribution in [0.3, 0.4) is 0 Å². The molecule has 1 heterocycles. The van der Waals surface area contributed by atoms with Crippen LogP contribution < -0.4 is 0 Å². The van der Waals surface area contributed by atoms with Crippen LogP contribution in [0.15, 0.2) is 18.5 Å². The van der Waals surface area contributed by atoms with E-state index in [0.717, 1.165) is 6.42 Å². The molecule has 0 amide bonds. The van der Waals surface area contributed by atoms with E-state index in [0.29, 0.717) is 18.4 Å². The zero-order valence-corrected chi connectivity index (χ0v) is 7.20. The molecule has 1 saturated carbocycles. The Bertz CT molecular complexity index is 285. The monoisotopic (exact) mass is 163 g/mol. The van der Waals surface area contributed by atoms with Crippen LogP contribution in [0.1, 0.15) is 23.5 Å². The van der Waals surface area contributed by atoms with Crippen LogP contribution in [-0.2, 0) is 0 Å². The third-order valence-electron chi connectivity index (χ3n) is 2.48. The van der Waals surface area contributed by atoms with Crippen molar-refractivity contribution in [3.63, 3.8) is 0 Å². The van der Waals surface area contributed by atoms with Crippen molar-refractivity contribution in [2.45, 2.75) is 19.3 Å². The molecule has 2 atom stereocenters. The fourth-order valence-corrected chi connectivity index (χ4v) is 1.64. The minimum atomic E-state index is 0.318. The molecule has 0 aliphatic heterocycles. The lowest BCUT2D eigenvalue weighted by Gasteiger charge is -1.98. The molecule has 12 heavy (non-hydrogen) atoms. The number of hydrogen-bond acceptors (Lipinski definition) is 2. The Labute approximate surface area is 72.3 Å². The van der Waals surface area contributed by atoms with E-state index >= 15 is 0 Å². The highest BCUT2D eigenvalue weighted by molar-refractivity contribution is 5.26. The highest BCUT2D eigenvalue weighted by atomic mass is 16.3. The Morgan fingerprint density at radius 1 is 1.58 bits per heavy atom. The average Bonchev–Trinajstić information content (AvgIpc) is 2.83. The number of aliphatic hydroxyl groups excluding tert-OH is 1. The summed E-state index contributed by atoms with van der Waals surface area (Å²) in [5.41, 5.74) is 2.49. The van der Waals surface area contributed by atoms with Gasteiger partial charge in [-0.25, -0.2) is 0 Å². The smallest absolute Gasteiger partial charge is 0.0465 e. The lowest BCUT2D eigenvalue weighted by Crippen LogP contribution is -1.90. The summed E-state index contributed by atoms with van der Waals surface area (Å²) in [7, 11) is 0. The number of rotatable bonds is 2. The Balaban J connectivity index is 2.14. The minimum Gasteiger partial charge on any atom is -0.396 e. The van der Waals surface area contributed by atoms with Gasteiger partial charge in [0.05, 0.1) is 0 Å². The number of pyridine rings is 1. The lowest BCUT2D eigenvalue weighted by molar-refractivity contribution is 0.274. The van der Waals surface area contributed by atoms with Crippen LogP contribution in [-0.4, -0.2) is 16.7 Å². The zero-order chi connectivity index (χ0) is 8.55. The van der Waals surface area contributed by atoms with Gasteiger partial charge < -0.3 is 5.11 Å². The van der Waals surface area contributed by atoms with Crippen molar-refractivity contribution in [3.8, 4) is 0 Å². The Morgan fingerprint density at radius 2 is 2.42 bits per heavy atom. The maximum atomic E-state index is 8.89. The van der Waals surface area contributed by atoms with E-state index in [1.165, 1.54) is 11.1 Å². The predicted octanol–water partition coefficient (Wildman–Crippen LogP) is 1.49. The van der Waals surface area contributed by atoms with Gasteiger partial charge in [0.2, 0.25) is 0 Å². The summed E-state index contributed by atoms with van der Waals surface area (Å²) in [6, 6.07) is 2.16. The highest BCUT2D eigenvalue weighted by Crippen LogP contribution is 2.46. The van der Waals surface area contributed by atoms with Crippen molar-refractivity contribution in [2.75, 3.05) is 6.61 Å². The summed E-state index contributed by atoms with van der Waals surface area (Å²) in [5.74, 6) is 1.07. The van der Waals surface area contributed by atoms with Crippen LogP contribution in [0.25, 0.3) is 0 Å². The van der Waals surface area contributed by atoms with Gasteiger partial charge in [-0.1, -0.05) is 6.07 Å². The number of nitrogens with zero attached hydrogens (tertiary/aromatic N) is 1. The van der Waals surface area contributed by atoms with E-state index < -0.39 is 0 Å². The molecule has 64 valence electrons. The van der Waals surface area contributed by atoms with E-state index in [1.54, 1.807) is 0 Å². The van der Waals surface area contributed by atoms with E-state index in [1.807, 2.05) is 19.3 Å². The van der Waals surface area contributed by atoms with Crippen molar-refractivity contribution in [3.05, 3.63) is 29.6 Å². The topological polar surface area (TPSA) is 33.1 Å². The number of aryl methyl sites for hydroxylation is 1. The van der Waals surface area contributed by atoms with Crippen LogP contribution in [0, 0.1) is 12.8 Å². The molecule has 2 nitrogen and oxygen atoms in total. The van der Waals surface area contributed by atoms with Crippen molar-refractivity contribution < 1.29 is 5.11 Å². The quantitative estimate of drug-likeness (QED) is 0.716. The molecule has 1 aromatic rings. The number of aromatic nitrogens is 1. The molecule has 0 aromatic carbocycles. The Morgan fingerprint density at radius 3 is 3.00 bits per heavy atom. The zero-order valence-electron chi connectivity index (χ0n) is 7.20. The summed E-state index contributed by atoms with van der Waals surface area (Å²) in [5, 5.41) is 8.89. The molecule has 1 fully saturated rings. The normalized spacial score (nSPS) is 27.2. The van der Waals surface area contributed by atoms with Gasteiger partial charge in [-0.2, -0.15) is 0 Å². The molecular weight excluding hydrogens is 150 g/mol. The molecule has 0 spiro atoms. The molecule has 0 saturated heterocycles. The summed E-state index contributed by atoms with van der Waals surface area (Å²) >= 11 is 0. The van der Waals surface area contributed by atoms with E-state index in [9.17, 15) is 0 Å². The number of aliphatic hydroxyl groups is 1. The largest absolute Gasteiger partial charge is 0.396 e. The number of hydrogen-bond donors (Lipinski definition) is 1. The molecule has 0 radical (unpaired) electrons. The van der Waals surface area contributed by atoms with Gasteiger partial charge in [-0.3, -0.25) is 4.98 Å². The average molecular weight is 163 g/mol. The van der Waals surface area contributed by atoms with Crippen LogP contribution >= 0.6 is 0 Å². The molecule has 2 heteroatoms. The second-order valence-electron chi connectivity index (χ2n) is 3.58. The van der Waals surface area contributed by atoms with Gasteiger partial charge in [-0.15, -0.1) is 0 Å². The van der Waals surface area contributed by atoms with Crippen LogP contribution in [0.4, 0.5) is 0 Å². The fourth-order valence-electron chi connectivity index (χ4n) is 1.64. The first-order chi connectivity index (χ1) is 5.81. The SMILES string of the molecule is Cc1cncc(C2C[C@H]2CO)c1. The van der Waals surface area contributed by atoms with Crippen molar-refractivity contribution in [2.24, 2.45) is 5.92 Å². The highest BCUT2D eigenvalue weighted by Gasteiger charge is 2.37. The fraction of sp³-hybridized carbons (Fsp3) is 0.500. The van der Waals surface area contributed by atoms with Gasteiger partial charge in [0.1, 0.15) is 0 Å². The maximum absolute atomic E-state index is 8.89. The first-order valence-electron chi connectivity index (χ1n) is 4.33. The van der Waals surface area contributed by atoms with Gasteiger partial charge in [0, 0.05) is 19.0 Å². The maximum Gasteiger partial charge on any atom is 0.0465 e. The first kappa shape index (κ1) is 7.74. The summed E-state index contributed by atoms with van der Waals surface area (Å²) in [4.78, 5) is 4.13. The third-order valence-corrected chi connectivity index (χ3v) is 2.48. The molecule has 1 unspecified atom stereocenters. The predicted molar refractivity (Wildman–Crippen MR) is 46.9 cm³/mol. The summed E-state index contributed by atoms with van der Waals surface area (Å²) in [6.45, 7) is 2.37. The van der Waals surface area contributed by atoms with Gasteiger partial charge in [0.15, 0.2) is 0 Å². The van der Waals surface area contributed by atoms with Gasteiger partial charge >= 0.3 is 0 Å². The molecule has 1 aliphatic carbocycles. The van der Waals surface area contributed by atoms with Gasteiger partial charge in [0.25, 0.3) is 0 Å². The lowest BCUT2D eigenvalue weighted by atomic mass is 10.1. The first-order valence-corrected chi connectivity index (χ1v) is 4.33. The summed E-state index contributed by atoms with van der Waals surface area (Å²) in [6.07, 6.45) is 4.90. The van der Waals surface area contributed by atoms with E-state index in [2.05, 4.69) is 11.1 Å². The third kappa shape index (κ3) is 1.34. The molecular formula is C10H13NO. The molecule has 1 N–H and O–H groups in total. The van der Waals surface area contributed by atoms with Crippen molar-refractivity contribution in [1.29, 1.82) is 0 Å². The molecule has 1 aliphatic rings. The van der Waals surface area contributed by atoms with Gasteiger partial charge in [-0.05, 0) is 36.3 Å². The van der Waals surface area contributed by atoms with Crippen LogP contribution in [0.5, 0.6) is 0 Å². The summed E-state index contributed by atoms with van der Waals surface area (Å²) < 4.78 is 0. The second-order valence-corrected chi connectivity index (χ2v) is 3.58. The Kier molecular flexibility index (Phi) is 1.85. The van der Waals surface area contributed by atoms with Crippen molar-refractivity contribution in [1.82, 2.24) is 4.98 Å². The van der Waals surface area contributed by atoms with E-state index in [-0.39, 0.29) is 0 Å². The second kappa shape index (κ2) is 2.87. The molecule has 2 rings (SSSR count). The standard InChI is InChI=1S/C10H13NO/c1-7-2-8(5-11-4-7)10-3-9(10)6-12/h2,4-5,9-10,12H,3,6H2,1H3/t9-,10?/m0/s1. The van der Waals surface area contributed by atoms with Crippen molar-refractivity contribution >= 4 is 0 Å². The molecule has 0 bridgehead atoms. The molecule has 1 aromatic heterocycles.